The van der Waals surface area contributed by atoms with Crippen molar-refractivity contribution < 1.29 is 19.2 Å². The third-order valence-corrected chi connectivity index (χ3v) is 7.60. The highest BCUT2D eigenvalue weighted by atomic mass is 35.5. The fourth-order valence-corrected chi connectivity index (χ4v) is 5.48. The van der Waals surface area contributed by atoms with Crippen LogP contribution in [-0.4, -0.2) is 53.0 Å². The first-order valence-corrected chi connectivity index (χ1v) is 13.0. The number of aromatic nitrogens is 1. The van der Waals surface area contributed by atoms with Crippen molar-refractivity contribution in [3.05, 3.63) is 35.5 Å². The largest absolute Gasteiger partial charge is 0.356 e. The number of ketones is 1. The van der Waals surface area contributed by atoms with Gasteiger partial charge in [-0.2, -0.15) is 0 Å². The summed E-state index contributed by atoms with van der Waals surface area (Å²) in [5.41, 5.74) is 2.30. The van der Waals surface area contributed by atoms with Crippen molar-refractivity contribution in [2.75, 3.05) is 12.4 Å². The van der Waals surface area contributed by atoms with Crippen molar-refractivity contribution in [3.8, 4) is 0 Å². The number of aromatic amines is 1. The average molecular weight is 501 g/mol. The molecule has 8 nitrogen and oxygen atoms in total. The molecule has 0 radical (unpaired) electrons. The number of fused-ring (bicyclic) bond motifs is 1. The Bertz CT molecular complexity index is 1110. The van der Waals surface area contributed by atoms with Crippen LogP contribution in [0.1, 0.15) is 61.0 Å². The second kappa shape index (κ2) is 11.2. The monoisotopic (exact) mass is 500 g/mol. The number of rotatable bonds is 9. The maximum Gasteiger partial charge on any atom is 0.268 e. The molecule has 1 aromatic carbocycles. The summed E-state index contributed by atoms with van der Waals surface area (Å²) in [6.07, 6.45) is 5.54. The van der Waals surface area contributed by atoms with Crippen LogP contribution < -0.4 is 16.0 Å². The minimum atomic E-state index is -0.868. The Labute approximate surface area is 209 Å². The molecule has 188 valence electrons. The molecule has 9 heteroatoms. The van der Waals surface area contributed by atoms with E-state index in [2.05, 4.69) is 20.9 Å². The van der Waals surface area contributed by atoms with E-state index in [1.165, 1.54) is 0 Å². The molecule has 1 saturated carbocycles. The molecule has 4 rings (SSSR count). The van der Waals surface area contributed by atoms with E-state index in [0.717, 1.165) is 48.6 Å². The zero-order chi connectivity index (χ0) is 24.9. The molecule has 2 aliphatic rings. The van der Waals surface area contributed by atoms with Crippen molar-refractivity contribution in [1.82, 2.24) is 20.9 Å². The highest BCUT2D eigenvalue weighted by molar-refractivity contribution is 6.28. The van der Waals surface area contributed by atoms with E-state index in [-0.39, 0.29) is 41.7 Å². The fraction of sp³-hybridized carbons (Fsp3) is 0.538. The standard InChI is InChI=1S/C26H33ClN4O4/c1-15-6-5-9-19-18(15)13-21(29-19)25(34)31-23(16-7-3-2-4-8-16)26(35)30-20(22(32)14-27)12-17-10-11-28-24(17)33/h5-6,9,13,16-17,20,23,29H,2-4,7-8,10-12,14H2,1H3,(H,28,33)(H,30,35)(H,31,34)/t17-,20-,23-/m0/s1. The predicted octanol–water partition coefficient (Wildman–Crippen LogP) is 2.97. The van der Waals surface area contributed by atoms with Crippen molar-refractivity contribution in [2.45, 2.75) is 64.0 Å². The van der Waals surface area contributed by atoms with Gasteiger partial charge >= 0.3 is 0 Å². The summed E-state index contributed by atoms with van der Waals surface area (Å²) in [6, 6.07) is 5.97. The van der Waals surface area contributed by atoms with Gasteiger partial charge in [0.1, 0.15) is 11.7 Å². The van der Waals surface area contributed by atoms with Crippen LogP contribution in [0.4, 0.5) is 0 Å². The molecule has 3 amide bonds. The molecule has 1 aliphatic heterocycles. The lowest BCUT2D eigenvalue weighted by atomic mass is 9.83. The lowest BCUT2D eigenvalue weighted by molar-refractivity contribution is -0.130. The first kappa shape index (κ1) is 25.2. The van der Waals surface area contributed by atoms with E-state index in [9.17, 15) is 19.2 Å². The number of aryl methyl sites for hydroxylation is 1. The number of halogens is 1. The van der Waals surface area contributed by atoms with Gasteiger partial charge in [-0.3, -0.25) is 19.2 Å². The van der Waals surface area contributed by atoms with Gasteiger partial charge in [-0.25, -0.2) is 0 Å². The number of nitrogens with one attached hydrogen (secondary N) is 4. The smallest absolute Gasteiger partial charge is 0.268 e. The van der Waals surface area contributed by atoms with Gasteiger partial charge in [0.2, 0.25) is 11.8 Å². The first-order valence-electron chi connectivity index (χ1n) is 12.4. The number of alkyl halides is 1. The minimum absolute atomic E-state index is 0.0275. The topological polar surface area (TPSA) is 120 Å². The Balaban J connectivity index is 1.52. The van der Waals surface area contributed by atoms with Crippen LogP contribution in [0.15, 0.2) is 24.3 Å². The molecule has 0 spiro atoms. The molecule has 1 saturated heterocycles. The van der Waals surface area contributed by atoms with Gasteiger partial charge in [-0.15, -0.1) is 11.6 Å². The summed E-state index contributed by atoms with van der Waals surface area (Å²) >= 11 is 5.82. The van der Waals surface area contributed by atoms with E-state index in [4.69, 9.17) is 11.6 Å². The average Bonchev–Trinajstić information content (AvgIpc) is 3.49. The van der Waals surface area contributed by atoms with E-state index in [1.54, 1.807) is 6.07 Å². The van der Waals surface area contributed by atoms with Crippen molar-refractivity contribution >= 4 is 46.0 Å². The van der Waals surface area contributed by atoms with Gasteiger partial charge < -0.3 is 20.9 Å². The molecular formula is C26H33ClN4O4. The fourth-order valence-electron chi connectivity index (χ4n) is 5.29. The van der Waals surface area contributed by atoms with Gasteiger partial charge in [-0.1, -0.05) is 31.4 Å². The number of carbonyl (C=O) groups is 4. The summed E-state index contributed by atoms with van der Waals surface area (Å²) in [5.74, 6) is -1.84. The number of Topliss-reactive ketones (excluding diaryl/α,β-unsaturated/α-hetero) is 1. The van der Waals surface area contributed by atoms with E-state index >= 15 is 0 Å². The van der Waals surface area contributed by atoms with Crippen LogP contribution in [0, 0.1) is 18.8 Å². The molecule has 2 heterocycles. The number of hydrogen-bond acceptors (Lipinski definition) is 4. The van der Waals surface area contributed by atoms with Crippen molar-refractivity contribution in [2.24, 2.45) is 11.8 Å². The van der Waals surface area contributed by atoms with Crippen LogP contribution in [0.2, 0.25) is 0 Å². The molecule has 2 fully saturated rings. The highest BCUT2D eigenvalue weighted by Gasteiger charge is 2.36. The number of benzene rings is 1. The molecule has 0 unspecified atom stereocenters. The normalized spacial score (nSPS) is 20.3. The van der Waals surface area contributed by atoms with Gasteiger partial charge in [0.25, 0.3) is 5.91 Å². The Hall–Kier alpha value is -2.87. The molecule has 1 aliphatic carbocycles. The van der Waals surface area contributed by atoms with Crippen molar-refractivity contribution in [3.63, 3.8) is 0 Å². The summed E-state index contributed by atoms with van der Waals surface area (Å²) in [4.78, 5) is 54.5. The summed E-state index contributed by atoms with van der Waals surface area (Å²) in [5, 5.41) is 9.49. The number of amides is 3. The lowest BCUT2D eigenvalue weighted by Gasteiger charge is -2.31. The summed E-state index contributed by atoms with van der Waals surface area (Å²) in [6.45, 7) is 2.54. The van der Waals surface area contributed by atoms with Crippen molar-refractivity contribution in [1.29, 1.82) is 0 Å². The van der Waals surface area contributed by atoms with E-state index in [0.29, 0.717) is 18.7 Å². The van der Waals surface area contributed by atoms with Crippen LogP contribution >= 0.6 is 11.6 Å². The Morgan fingerprint density at radius 2 is 1.89 bits per heavy atom. The Morgan fingerprint density at radius 3 is 2.54 bits per heavy atom. The second-order valence-electron chi connectivity index (χ2n) is 9.74. The maximum atomic E-state index is 13.5. The number of H-pyrrole nitrogens is 1. The van der Waals surface area contributed by atoms with Crippen LogP contribution in [0.5, 0.6) is 0 Å². The second-order valence-corrected chi connectivity index (χ2v) is 10.0. The molecule has 35 heavy (non-hydrogen) atoms. The first-order chi connectivity index (χ1) is 16.9. The third kappa shape index (κ3) is 5.86. The van der Waals surface area contributed by atoms with Crippen LogP contribution in [0.25, 0.3) is 10.9 Å². The molecular weight excluding hydrogens is 468 g/mol. The molecule has 0 bridgehead atoms. The molecule has 1 aromatic heterocycles. The van der Waals surface area contributed by atoms with E-state index < -0.39 is 18.0 Å². The Kier molecular flexibility index (Phi) is 8.11. The van der Waals surface area contributed by atoms with Gasteiger partial charge in [0, 0.05) is 23.4 Å². The molecule has 4 N–H and O–H groups in total. The number of carbonyl (C=O) groups excluding carboxylic acids is 4. The quantitative estimate of drug-likeness (QED) is 0.395. The minimum Gasteiger partial charge on any atom is -0.356 e. The zero-order valence-corrected chi connectivity index (χ0v) is 20.7. The van der Waals surface area contributed by atoms with Crippen LogP contribution in [-0.2, 0) is 14.4 Å². The Morgan fingerprint density at radius 1 is 1.11 bits per heavy atom. The molecule has 3 atom stereocenters. The summed E-state index contributed by atoms with van der Waals surface area (Å²) < 4.78 is 0. The lowest BCUT2D eigenvalue weighted by Crippen LogP contribution is -2.55. The van der Waals surface area contributed by atoms with Gasteiger partial charge in [-0.05, 0) is 56.2 Å². The SMILES string of the molecule is Cc1cccc2[nH]c(C(=O)N[C@H](C(=O)N[C@@H](C[C@@H]3CCNC3=O)C(=O)CCl)C3CCCCC3)cc12. The zero-order valence-electron chi connectivity index (χ0n) is 20.0. The van der Waals surface area contributed by atoms with Gasteiger partial charge in [0.15, 0.2) is 5.78 Å². The maximum absolute atomic E-state index is 13.5. The van der Waals surface area contributed by atoms with Gasteiger partial charge in [0.05, 0.1) is 11.9 Å². The highest BCUT2D eigenvalue weighted by Crippen LogP contribution is 2.28. The predicted molar refractivity (Wildman–Crippen MR) is 134 cm³/mol. The summed E-state index contributed by atoms with van der Waals surface area (Å²) in [7, 11) is 0. The number of hydrogen-bond donors (Lipinski definition) is 4. The van der Waals surface area contributed by atoms with Crippen LogP contribution in [0.3, 0.4) is 0 Å². The molecule has 2 aromatic rings. The van der Waals surface area contributed by atoms with E-state index in [1.807, 2.05) is 25.1 Å². The third-order valence-electron chi connectivity index (χ3n) is 7.34.